The zero-order chi connectivity index (χ0) is 34.0. The van der Waals surface area contributed by atoms with Crippen LogP contribution in [0.4, 0.5) is 0 Å². The molecule has 0 spiro atoms. The second-order valence-corrected chi connectivity index (χ2v) is 13.8. The molecule has 11 heteroatoms. The highest BCUT2D eigenvalue weighted by molar-refractivity contribution is 5.88. The van der Waals surface area contributed by atoms with Crippen LogP contribution >= 0.6 is 0 Å². The van der Waals surface area contributed by atoms with Gasteiger partial charge in [0.25, 0.3) is 0 Å². The maximum absolute atomic E-state index is 13.0. The monoisotopic (exact) mass is 630 g/mol. The normalized spacial score (nSPS) is 38.4. The van der Waals surface area contributed by atoms with Gasteiger partial charge in [0, 0.05) is 17.9 Å². The van der Waals surface area contributed by atoms with Crippen molar-refractivity contribution < 1.29 is 44.6 Å². The molecule has 258 valence electrons. The van der Waals surface area contributed by atoms with E-state index in [-0.39, 0.29) is 31.2 Å². The summed E-state index contributed by atoms with van der Waals surface area (Å²) in [5.74, 6) is -2.30. The van der Waals surface area contributed by atoms with Crippen LogP contribution in [0.2, 0.25) is 0 Å². The molecule has 0 amide bonds. The third kappa shape index (κ3) is 11.0. The molecule has 4 N–H and O–H groups in total. The second kappa shape index (κ2) is 17.9. The van der Waals surface area contributed by atoms with Crippen LogP contribution in [-0.2, 0) is 23.9 Å². The summed E-state index contributed by atoms with van der Waals surface area (Å²) in [5.41, 5.74) is -1.10. The van der Waals surface area contributed by atoms with Crippen molar-refractivity contribution in [2.45, 2.75) is 136 Å². The molecule has 2 saturated heterocycles. The van der Waals surface area contributed by atoms with Crippen molar-refractivity contribution in [3.8, 4) is 0 Å². The Morgan fingerprint density at radius 2 is 1.73 bits per heavy atom. The second-order valence-electron chi connectivity index (χ2n) is 13.8. The van der Waals surface area contributed by atoms with E-state index in [1.165, 1.54) is 0 Å². The van der Waals surface area contributed by atoms with Crippen LogP contribution in [0.3, 0.4) is 0 Å². The minimum Gasteiger partial charge on any atom is -0.459 e. The lowest BCUT2D eigenvalue weighted by molar-refractivity contribution is -0.276. The number of hydrogen-bond acceptors (Lipinski definition) is 11. The first-order valence-corrected chi connectivity index (χ1v) is 16.1. The Balaban J connectivity index is 0.000000747. The average Bonchev–Trinajstić information content (AvgIpc) is 2.97. The Kier molecular flexibility index (Phi) is 16.5. The van der Waals surface area contributed by atoms with Crippen LogP contribution in [0.1, 0.15) is 94.4 Å². The number of hydrogen-bond donors (Lipinski definition) is 4. The van der Waals surface area contributed by atoms with Gasteiger partial charge in [-0.2, -0.15) is 0 Å². The number of carbonyl (C=O) groups is 1. The van der Waals surface area contributed by atoms with Crippen LogP contribution in [0.15, 0.2) is 17.3 Å². The summed E-state index contributed by atoms with van der Waals surface area (Å²) in [6.07, 6.45) is 0.552. The topological polar surface area (TPSA) is 151 Å². The van der Waals surface area contributed by atoms with Crippen molar-refractivity contribution >= 4 is 11.7 Å². The van der Waals surface area contributed by atoms with Crippen molar-refractivity contribution in [1.29, 1.82) is 0 Å². The number of fused-ring (bicyclic) bond motifs is 5. The van der Waals surface area contributed by atoms with Gasteiger partial charge in [-0.1, -0.05) is 46.4 Å². The first-order chi connectivity index (χ1) is 20.4. The lowest BCUT2D eigenvalue weighted by Gasteiger charge is -2.43. The van der Waals surface area contributed by atoms with Crippen LogP contribution in [0, 0.1) is 23.7 Å². The molecule has 7 unspecified atom stereocenters. The lowest BCUT2D eigenvalue weighted by Crippen LogP contribution is -2.57. The molecular weight excluding hydrogens is 568 g/mol. The Bertz CT molecular complexity index is 927. The first-order valence-electron chi connectivity index (χ1n) is 16.1. The molecule has 0 aromatic carbocycles. The summed E-state index contributed by atoms with van der Waals surface area (Å²) in [6.45, 7) is 21.2. The van der Waals surface area contributed by atoms with Gasteiger partial charge in [0.15, 0.2) is 0 Å². The van der Waals surface area contributed by atoms with Crippen molar-refractivity contribution in [3.63, 3.8) is 0 Å². The van der Waals surface area contributed by atoms with E-state index in [9.17, 15) is 20.2 Å². The lowest BCUT2D eigenvalue weighted by atomic mass is 9.75. The number of carbonyl (C=O) groups excluding carboxylic acids is 1. The molecule has 0 aliphatic carbocycles. The van der Waals surface area contributed by atoms with Gasteiger partial charge < -0.3 is 34.5 Å². The zero-order valence-electron chi connectivity index (χ0n) is 29.1. The number of oxime groups is 1. The fourth-order valence-electron chi connectivity index (χ4n) is 6.74. The molecule has 2 fully saturated rings. The molecule has 0 aromatic rings. The van der Waals surface area contributed by atoms with Crippen LogP contribution in [-0.4, -0.2) is 106 Å². The molecule has 2 bridgehead atoms. The molecule has 0 aromatic heterocycles. The van der Waals surface area contributed by atoms with Crippen molar-refractivity contribution in [1.82, 2.24) is 4.90 Å². The molecule has 2 aliphatic rings. The third-order valence-corrected chi connectivity index (χ3v) is 9.43. The van der Waals surface area contributed by atoms with Gasteiger partial charge in [0.2, 0.25) is 0 Å². The minimum atomic E-state index is -1.60. The van der Waals surface area contributed by atoms with Gasteiger partial charge in [-0.25, -0.2) is 4.89 Å². The van der Waals surface area contributed by atoms with Crippen LogP contribution in [0.25, 0.3) is 0 Å². The van der Waals surface area contributed by atoms with Gasteiger partial charge in [0.05, 0.1) is 48.8 Å². The van der Waals surface area contributed by atoms with E-state index >= 15 is 0 Å². The molecule has 11 atom stereocenters. The van der Waals surface area contributed by atoms with Crippen molar-refractivity contribution in [3.05, 3.63) is 12.2 Å². The summed E-state index contributed by atoms with van der Waals surface area (Å²) < 4.78 is 18.2. The van der Waals surface area contributed by atoms with Crippen LogP contribution in [0.5, 0.6) is 0 Å². The molecule has 11 nitrogen and oxygen atoms in total. The fourth-order valence-corrected chi connectivity index (χ4v) is 6.74. The van der Waals surface area contributed by atoms with E-state index in [0.717, 1.165) is 12.8 Å². The summed E-state index contributed by atoms with van der Waals surface area (Å²) in [6, 6.07) is 0.497. The number of aliphatic hydroxyl groups excluding tert-OH is 1. The maximum Gasteiger partial charge on any atom is 0.311 e. The SMILES string of the molecule is C=C1CO[C@@H]2[C@@H](C)/C(=N/O)[C@H](C)C[C@](C)(CC(C)C(O)C(C)C(=O)OC(CC)C2(C)O)OC1.CCC(CC(C)OO)N(C)C. The van der Waals surface area contributed by atoms with Gasteiger partial charge >= 0.3 is 5.97 Å². The highest BCUT2D eigenvalue weighted by Crippen LogP contribution is 2.38. The van der Waals surface area contributed by atoms with Gasteiger partial charge in [-0.15, -0.1) is 0 Å². The minimum absolute atomic E-state index is 0.0673. The van der Waals surface area contributed by atoms with Crippen molar-refractivity contribution in [2.75, 3.05) is 27.3 Å². The van der Waals surface area contributed by atoms with E-state index in [1.54, 1.807) is 13.8 Å². The summed E-state index contributed by atoms with van der Waals surface area (Å²) in [7, 11) is 4.08. The maximum atomic E-state index is 13.0. The molecule has 0 saturated carbocycles. The molecule has 44 heavy (non-hydrogen) atoms. The number of esters is 1. The van der Waals surface area contributed by atoms with Crippen LogP contribution < -0.4 is 0 Å². The molecule has 2 aliphatic heterocycles. The van der Waals surface area contributed by atoms with Gasteiger partial charge in [-0.05, 0) is 85.4 Å². The quantitative estimate of drug-likeness (QED) is 0.105. The zero-order valence-corrected chi connectivity index (χ0v) is 29.1. The largest absolute Gasteiger partial charge is 0.459 e. The van der Waals surface area contributed by atoms with Gasteiger partial charge in [0.1, 0.15) is 11.7 Å². The smallest absolute Gasteiger partial charge is 0.311 e. The highest BCUT2D eigenvalue weighted by Gasteiger charge is 2.49. The Morgan fingerprint density at radius 3 is 2.23 bits per heavy atom. The average molecular weight is 631 g/mol. The summed E-state index contributed by atoms with van der Waals surface area (Å²) in [5, 5.41) is 44.6. The Labute approximate surface area is 265 Å². The highest BCUT2D eigenvalue weighted by atomic mass is 17.1. The fraction of sp³-hybridized carbons (Fsp3) is 0.879. The molecule has 2 heterocycles. The summed E-state index contributed by atoms with van der Waals surface area (Å²) >= 11 is 0. The number of ether oxygens (including phenoxy) is 3. The number of nitrogens with zero attached hydrogens (tertiary/aromatic N) is 2. The Hall–Kier alpha value is -1.60. The predicted octanol–water partition coefficient (Wildman–Crippen LogP) is 4.91. The predicted molar refractivity (Wildman–Crippen MR) is 171 cm³/mol. The van der Waals surface area contributed by atoms with E-state index in [4.69, 9.17) is 19.5 Å². The standard InChI is InChI=1S/C25H43NO7.C8H19NO2/c1-9-19-25(8,29)22-17(5)20(26-30)15(3)10-24(7,32-13-14(2)12-31-22)11-16(4)21(27)18(6)23(28)33-19;1-5-8(9(3)4)6-7(2)11-10/h15-19,21-22,27,29-30H,2,9-13H2,1,3-8H3;7-8,10H,5-6H2,1-4H3/b26-20+;/t15-,16?,17+,18?,19?,21?,22-,24-,25?;/m1./s1. The summed E-state index contributed by atoms with van der Waals surface area (Å²) in [4.78, 5) is 19.3. The molecule has 0 radical (unpaired) electrons. The number of rotatable bonds is 6. The number of aliphatic hydroxyl groups is 2. The van der Waals surface area contributed by atoms with E-state index < -0.39 is 47.3 Å². The molecular formula is C33H62N2O9. The number of cyclic esters (lactones) is 1. The van der Waals surface area contributed by atoms with E-state index in [2.05, 4.69) is 28.4 Å². The first kappa shape index (κ1) is 40.4. The van der Waals surface area contributed by atoms with E-state index in [0.29, 0.717) is 36.6 Å². The van der Waals surface area contributed by atoms with Crippen molar-refractivity contribution in [2.24, 2.45) is 28.8 Å². The van der Waals surface area contributed by atoms with E-state index in [1.807, 2.05) is 55.6 Å². The van der Waals surface area contributed by atoms with Gasteiger partial charge in [-0.3, -0.25) is 10.1 Å². The third-order valence-electron chi connectivity index (χ3n) is 9.43. The Morgan fingerprint density at radius 1 is 1.11 bits per heavy atom. The molecule has 2 rings (SSSR count).